The van der Waals surface area contributed by atoms with Crippen LogP contribution in [0.2, 0.25) is 0 Å². The second-order valence-electron chi connectivity index (χ2n) is 2.67. The molecule has 0 aliphatic heterocycles. The molecule has 1 nitrogen and oxygen atoms in total. The van der Waals surface area contributed by atoms with Gasteiger partial charge < -0.3 is 4.98 Å². The van der Waals surface area contributed by atoms with E-state index in [1.807, 2.05) is 32.2 Å². The summed E-state index contributed by atoms with van der Waals surface area (Å²) in [7, 11) is 0. The second kappa shape index (κ2) is 4.08. The van der Waals surface area contributed by atoms with Gasteiger partial charge in [0.25, 0.3) is 0 Å². The number of fused-ring (bicyclic) bond motifs is 1. The summed E-state index contributed by atoms with van der Waals surface area (Å²) < 4.78 is 12.9. The SMILES string of the molecule is CC.Cc1cc2[nH]ccc2cc1F. The van der Waals surface area contributed by atoms with E-state index in [0.29, 0.717) is 5.56 Å². The van der Waals surface area contributed by atoms with E-state index < -0.39 is 0 Å². The van der Waals surface area contributed by atoms with Crippen LogP contribution >= 0.6 is 0 Å². The van der Waals surface area contributed by atoms with E-state index in [1.54, 1.807) is 13.0 Å². The molecular weight excluding hydrogens is 165 g/mol. The lowest BCUT2D eigenvalue weighted by Crippen LogP contribution is -1.80. The van der Waals surface area contributed by atoms with E-state index >= 15 is 0 Å². The predicted molar refractivity (Wildman–Crippen MR) is 54.3 cm³/mol. The molecule has 0 bridgehead atoms. The maximum Gasteiger partial charge on any atom is 0.126 e. The van der Waals surface area contributed by atoms with Crippen LogP contribution in [0.25, 0.3) is 10.9 Å². The highest BCUT2D eigenvalue weighted by Crippen LogP contribution is 2.16. The Kier molecular flexibility index (Phi) is 3.07. The zero-order valence-electron chi connectivity index (χ0n) is 8.19. The Morgan fingerprint density at radius 1 is 1.23 bits per heavy atom. The fraction of sp³-hybridized carbons (Fsp3) is 0.273. The molecule has 0 aliphatic carbocycles. The lowest BCUT2D eigenvalue weighted by molar-refractivity contribution is 0.620. The first-order chi connectivity index (χ1) is 6.27. The van der Waals surface area contributed by atoms with Gasteiger partial charge in [-0.2, -0.15) is 0 Å². The van der Waals surface area contributed by atoms with Gasteiger partial charge in [0.1, 0.15) is 5.82 Å². The number of aromatic nitrogens is 1. The molecule has 13 heavy (non-hydrogen) atoms. The Balaban J connectivity index is 0.000000396. The molecule has 0 fully saturated rings. The highest BCUT2D eigenvalue weighted by atomic mass is 19.1. The van der Waals surface area contributed by atoms with Crippen LogP contribution in [0, 0.1) is 12.7 Å². The molecule has 1 heterocycles. The Morgan fingerprint density at radius 2 is 1.92 bits per heavy atom. The molecule has 0 spiro atoms. The van der Waals surface area contributed by atoms with Crippen molar-refractivity contribution in [3.8, 4) is 0 Å². The van der Waals surface area contributed by atoms with Crippen LogP contribution in [0.4, 0.5) is 4.39 Å². The smallest absolute Gasteiger partial charge is 0.126 e. The first kappa shape index (κ1) is 9.78. The molecule has 0 aliphatic rings. The van der Waals surface area contributed by atoms with Crippen LogP contribution in [-0.4, -0.2) is 4.98 Å². The number of rotatable bonds is 0. The van der Waals surface area contributed by atoms with Gasteiger partial charge in [-0.15, -0.1) is 0 Å². The van der Waals surface area contributed by atoms with Gasteiger partial charge in [-0.3, -0.25) is 0 Å². The third kappa shape index (κ3) is 1.89. The number of nitrogens with one attached hydrogen (secondary N) is 1. The molecule has 0 radical (unpaired) electrons. The van der Waals surface area contributed by atoms with Crippen molar-refractivity contribution < 1.29 is 4.39 Å². The summed E-state index contributed by atoms with van der Waals surface area (Å²) in [6.45, 7) is 5.76. The largest absolute Gasteiger partial charge is 0.361 e. The van der Waals surface area contributed by atoms with Gasteiger partial charge in [-0.25, -0.2) is 4.39 Å². The minimum Gasteiger partial charge on any atom is -0.361 e. The van der Waals surface area contributed by atoms with E-state index in [-0.39, 0.29) is 5.82 Å². The van der Waals surface area contributed by atoms with E-state index in [2.05, 4.69) is 4.98 Å². The van der Waals surface area contributed by atoms with Crippen LogP contribution in [0.1, 0.15) is 19.4 Å². The van der Waals surface area contributed by atoms with E-state index in [1.165, 1.54) is 0 Å². The number of halogens is 1. The minimum absolute atomic E-state index is 0.142. The monoisotopic (exact) mass is 179 g/mol. The lowest BCUT2D eigenvalue weighted by atomic mass is 10.2. The molecule has 0 atom stereocenters. The Bertz CT molecular complexity index is 354. The average molecular weight is 179 g/mol. The summed E-state index contributed by atoms with van der Waals surface area (Å²) >= 11 is 0. The molecule has 2 heteroatoms. The Labute approximate surface area is 77.6 Å². The van der Waals surface area contributed by atoms with Crippen molar-refractivity contribution in [2.45, 2.75) is 20.8 Å². The van der Waals surface area contributed by atoms with E-state index in [0.717, 1.165) is 10.9 Å². The number of aromatic amines is 1. The molecule has 1 aromatic carbocycles. The predicted octanol–water partition coefficient (Wildman–Crippen LogP) is 3.64. The summed E-state index contributed by atoms with van der Waals surface area (Å²) in [6, 6.07) is 5.21. The van der Waals surface area contributed by atoms with Gasteiger partial charge in [0.2, 0.25) is 0 Å². The number of hydrogen-bond acceptors (Lipinski definition) is 0. The summed E-state index contributed by atoms with van der Waals surface area (Å²) in [5.74, 6) is -0.142. The quantitative estimate of drug-likeness (QED) is 0.635. The third-order valence-corrected chi connectivity index (χ3v) is 1.83. The standard InChI is InChI=1S/C9H8FN.C2H6/c1-6-4-9-7(2-3-11-9)5-8(6)10;1-2/h2-5,11H,1H3;1-2H3. The van der Waals surface area contributed by atoms with Crippen molar-refractivity contribution in [3.05, 3.63) is 35.8 Å². The van der Waals surface area contributed by atoms with E-state index in [9.17, 15) is 4.39 Å². The average Bonchev–Trinajstić information content (AvgIpc) is 2.56. The fourth-order valence-corrected chi connectivity index (χ4v) is 1.18. The maximum atomic E-state index is 12.9. The van der Waals surface area contributed by atoms with Gasteiger partial charge in [0.15, 0.2) is 0 Å². The minimum atomic E-state index is -0.142. The van der Waals surface area contributed by atoms with Crippen LogP contribution < -0.4 is 0 Å². The highest BCUT2D eigenvalue weighted by molar-refractivity contribution is 5.79. The Hall–Kier alpha value is -1.31. The van der Waals surface area contributed by atoms with E-state index in [4.69, 9.17) is 0 Å². The van der Waals surface area contributed by atoms with Crippen molar-refractivity contribution in [2.75, 3.05) is 0 Å². The summed E-state index contributed by atoms with van der Waals surface area (Å²) in [4.78, 5) is 3.02. The van der Waals surface area contributed by atoms with Gasteiger partial charge in [-0.05, 0) is 30.7 Å². The summed E-state index contributed by atoms with van der Waals surface area (Å²) in [5.41, 5.74) is 1.67. The topological polar surface area (TPSA) is 15.8 Å². The lowest BCUT2D eigenvalue weighted by Gasteiger charge is -1.94. The fourth-order valence-electron chi connectivity index (χ4n) is 1.18. The first-order valence-electron chi connectivity index (χ1n) is 4.50. The molecule has 2 rings (SSSR count). The van der Waals surface area contributed by atoms with Gasteiger partial charge in [-0.1, -0.05) is 13.8 Å². The van der Waals surface area contributed by atoms with Crippen molar-refractivity contribution in [3.63, 3.8) is 0 Å². The number of hydrogen-bond donors (Lipinski definition) is 1. The Morgan fingerprint density at radius 3 is 2.62 bits per heavy atom. The molecule has 0 amide bonds. The number of benzene rings is 1. The normalized spacial score (nSPS) is 9.54. The molecule has 0 unspecified atom stereocenters. The van der Waals surface area contributed by atoms with Crippen LogP contribution in [0.15, 0.2) is 24.4 Å². The maximum absolute atomic E-state index is 12.9. The molecule has 1 N–H and O–H groups in total. The molecule has 0 saturated carbocycles. The van der Waals surface area contributed by atoms with Gasteiger partial charge >= 0.3 is 0 Å². The zero-order valence-corrected chi connectivity index (χ0v) is 8.19. The summed E-state index contributed by atoms with van der Waals surface area (Å²) in [5, 5.41) is 0.924. The van der Waals surface area contributed by atoms with Crippen molar-refractivity contribution in [2.24, 2.45) is 0 Å². The van der Waals surface area contributed by atoms with Crippen molar-refractivity contribution in [1.29, 1.82) is 0 Å². The molecule has 2 aromatic rings. The van der Waals surface area contributed by atoms with Crippen LogP contribution in [0.3, 0.4) is 0 Å². The second-order valence-corrected chi connectivity index (χ2v) is 2.67. The molecule has 70 valence electrons. The number of aryl methyl sites for hydroxylation is 1. The van der Waals surface area contributed by atoms with Gasteiger partial charge in [0, 0.05) is 17.1 Å². The third-order valence-electron chi connectivity index (χ3n) is 1.83. The summed E-state index contributed by atoms with van der Waals surface area (Å²) in [6.07, 6.45) is 1.81. The highest BCUT2D eigenvalue weighted by Gasteiger charge is 1.99. The molecule has 0 saturated heterocycles. The first-order valence-corrected chi connectivity index (χ1v) is 4.50. The number of H-pyrrole nitrogens is 1. The van der Waals surface area contributed by atoms with Gasteiger partial charge in [0.05, 0.1) is 0 Å². The van der Waals surface area contributed by atoms with Crippen LogP contribution in [0.5, 0.6) is 0 Å². The van der Waals surface area contributed by atoms with Crippen molar-refractivity contribution in [1.82, 2.24) is 4.98 Å². The van der Waals surface area contributed by atoms with Crippen molar-refractivity contribution >= 4 is 10.9 Å². The van der Waals surface area contributed by atoms with Crippen LogP contribution in [-0.2, 0) is 0 Å². The zero-order chi connectivity index (χ0) is 9.84. The molecule has 1 aromatic heterocycles. The molecular formula is C11H14FN.